The van der Waals surface area contributed by atoms with Crippen molar-refractivity contribution in [1.29, 1.82) is 0 Å². The Morgan fingerprint density at radius 2 is 2.00 bits per heavy atom. The number of amides is 1. The monoisotopic (exact) mass is 316 g/mol. The van der Waals surface area contributed by atoms with E-state index >= 15 is 0 Å². The Bertz CT molecular complexity index is 766. The lowest BCUT2D eigenvalue weighted by Gasteiger charge is -2.24. The normalized spacial score (nSPS) is 21.0. The van der Waals surface area contributed by atoms with Gasteiger partial charge in [0.2, 0.25) is 5.91 Å². The van der Waals surface area contributed by atoms with Crippen LogP contribution in [-0.2, 0) is 9.59 Å². The maximum atomic E-state index is 12.4. The van der Waals surface area contributed by atoms with Crippen molar-refractivity contribution in [2.75, 3.05) is 5.32 Å². The van der Waals surface area contributed by atoms with Crippen LogP contribution in [0.15, 0.2) is 30.4 Å². The molecule has 2 atom stereocenters. The number of carbonyl (C=O) groups excluding carboxylic acids is 1. The summed E-state index contributed by atoms with van der Waals surface area (Å²) in [7, 11) is 0. The van der Waals surface area contributed by atoms with E-state index in [0.29, 0.717) is 18.5 Å². The summed E-state index contributed by atoms with van der Waals surface area (Å²) in [5.74, 6) is -2.34. The molecule has 5 nitrogen and oxygen atoms in total. The van der Waals surface area contributed by atoms with Gasteiger partial charge in [-0.3, -0.25) is 9.59 Å². The zero-order valence-corrected chi connectivity index (χ0v) is 12.9. The fraction of sp³-hybridized carbons (Fsp3) is 0.312. The van der Waals surface area contributed by atoms with Crippen molar-refractivity contribution in [1.82, 2.24) is 4.98 Å². The van der Waals surface area contributed by atoms with Crippen molar-refractivity contribution in [2.24, 2.45) is 11.8 Å². The molecule has 1 aromatic carbocycles. The van der Waals surface area contributed by atoms with Crippen LogP contribution in [-0.4, -0.2) is 22.0 Å². The molecular formula is C16H16N2O3S. The molecule has 3 rings (SSSR count). The topological polar surface area (TPSA) is 79.3 Å². The van der Waals surface area contributed by atoms with Gasteiger partial charge in [-0.15, -0.1) is 11.3 Å². The third-order valence-electron chi connectivity index (χ3n) is 3.85. The number of fused-ring (bicyclic) bond motifs is 1. The van der Waals surface area contributed by atoms with Gasteiger partial charge in [-0.25, -0.2) is 4.98 Å². The van der Waals surface area contributed by atoms with Gasteiger partial charge in [-0.1, -0.05) is 12.2 Å². The predicted octanol–water partition coefficient (Wildman–Crippen LogP) is 3.21. The smallest absolute Gasteiger partial charge is 0.307 e. The minimum absolute atomic E-state index is 0.239. The van der Waals surface area contributed by atoms with E-state index in [-0.39, 0.29) is 5.91 Å². The van der Waals surface area contributed by atoms with E-state index in [1.54, 1.807) is 17.4 Å². The summed E-state index contributed by atoms with van der Waals surface area (Å²) in [6.07, 6.45) is 4.57. The van der Waals surface area contributed by atoms with Gasteiger partial charge in [0.15, 0.2) is 0 Å². The van der Waals surface area contributed by atoms with Gasteiger partial charge in [0.1, 0.15) is 0 Å². The summed E-state index contributed by atoms with van der Waals surface area (Å²) >= 11 is 1.57. The van der Waals surface area contributed by atoms with Gasteiger partial charge in [0.25, 0.3) is 0 Å². The Morgan fingerprint density at radius 3 is 2.73 bits per heavy atom. The number of aromatic nitrogens is 1. The van der Waals surface area contributed by atoms with Crippen LogP contribution >= 0.6 is 11.3 Å². The van der Waals surface area contributed by atoms with E-state index in [9.17, 15) is 14.7 Å². The van der Waals surface area contributed by atoms with Gasteiger partial charge >= 0.3 is 5.97 Å². The van der Waals surface area contributed by atoms with Crippen LogP contribution in [0, 0.1) is 18.8 Å². The van der Waals surface area contributed by atoms with Crippen molar-refractivity contribution < 1.29 is 14.7 Å². The van der Waals surface area contributed by atoms with E-state index < -0.39 is 17.8 Å². The molecule has 0 saturated heterocycles. The molecule has 1 amide bonds. The molecule has 1 heterocycles. The number of aliphatic carboxylic acids is 1. The Morgan fingerprint density at radius 1 is 1.27 bits per heavy atom. The number of hydrogen-bond acceptors (Lipinski definition) is 4. The van der Waals surface area contributed by atoms with Crippen LogP contribution in [0.5, 0.6) is 0 Å². The van der Waals surface area contributed by atoms with Crippen LogP contribution in [0.4, 0.5) is 5.69 Å². The molecule has 6 heteroatoms. The summed E-state index contributed by atoms with van der Waals surface area (Å²) in [4.78, 5) is 28.1. The van der Waals surface area contributed by atoms with Crippen LogP contribution in [0.25, 0.3) is 10.2 Å². The third kappa shape index (κ3) is 2.87. The highest BCUT2D eigenvalue weighted by Gasteiger charge is 2.33. The highest BCUT2D eigenvalue weighted by atomic mass is 32.1. The number of carbonyl (C=O) groups is 2. The van der Waals surface area contributed by atoms with Crippen LogP contribution < -0.4 is 5.32 Å². The van der Waals surface area contributed by atoms with Crippen LogP contribution in [0.1, 0.15) is 17.8 Å². The molecule has 22 heavy (non-hydrogen) atoms. The third-order valence-corrected chi connectivity index (χ3v) is 4.78. The molecule has 0 spiro atoms. The first-order chi connectivity index (χ1) is 10.5. The summed E-state index contributed by atoms with van der Waals surface area (Å²) in [5, 5.41) is 13.1. The minimum atomic E-state index is -0.918. The number of hydrogen-bond donors (Lipinski definition) is 2. The van der Waals surface area contributed by atoms with Crippen molar-refractivity contribution in [2.45, 2.75) is 19.8 Å². The zero-order valence-electron chi connectivity index (χ0n) is 12.1. The predicted molar refractivity (Wildman–Crippen MR) is 86.0 cm³/mol. The second kappa shape index (κ2) is 5.88. The standard InChI is InChI=1S/C16H16N2O3S/c1-9-17-13-7-6-10(8-14(13)22-9)18-15(19)11-4-2-3-5-12(11)16(20)21/h2-3,6-8,11-12H,4-5H2,1H3,(H,18,19)(H,20,21). The number of benzene rings is 1. The number of nitrogens with zero attached hydrogens (tertiary/aromatic N) is 1. The molecule has 0 aliphatic heterocycles. The van der Waals surface area contributed by atoms with E-state index in [2.05, 4.69) is 10.3 Å². The van der Waals surface area contributed by atoms with Crippen molar-refractivity contribution in [3.8, 4) is 0 Å². The van der Waals surface area contributed by atoms with Gasteiger partial charge in [0, 0.05) is 5.69 Å². The molecule has 2 N–H and O–H groups in total. The Kier molecular flexibility index (Phi) is 3.94. The number of rotatable bonds is 3. The largest absolute Gasteiger partial charge is 0.481 e. The molecule has 1 aromatic heterocycles. The number of allylic oxidation sites excluding steroid dienone is 2. The maximum Gasteiger partial charge on any atom is 0.307 e. The molecule has 2 aromatic rings. The molecule has 1 aliphatic rings. The Balaban J connectivity index is 1.79. The lowest BCUT2D eigenvalue weighted by Crippen LogP contribution is -2.34. The van der Waals surface area contributed by atoms with E-state index in [1.807, 2.05) is 31.2 Å². The lowest BCUT2D eigenvalue weighted by molar-refractivity contribution is -0.146. The van der Waals surface area contributed by atoms with Gasteiger partial charge in [-0.2, -0.15) is 0 Å². The minimum Gasteiger partial charge on any atom is -0.481 e. The quantitative estimate of drug-likeness (QED) is 0.852. The molecule has 0 radical (unpaired) electrons. The average Bonchev–Trinajstić information content (AvgIpc) is 2.86. The number of nitrogens with one attached hydrogen (secondary N) is 1. The zero-order chi connectivity index (χ0) is 15.7. The highest BCUT2D eigenvalue weighted by molar-refractivity contribution is 7.18. The average molecular weight is 316 g/mol. The first kappa shape index (κ1) is 14.7. The fourth-order valence-electron chi connectivity index (χ4n) is 2.73. The van der Waals surface area contributed by atoms with Crippen molar-refractivity contribution in [3.63, 3.8) is 0 Å². The van der Waals surface area contributed by atoms with E-state index in [0.717, 1.165) is 15.2 Å². The molecule has 1 aliphatic carbocycles. The highest BCUT2D eigenvalue weighted by Crippen LogP contribution is 2.29. The Hall–Kier alpha value is -2.21. The molecule has 0 saturated carbocycles. The van der Waals surface area contributed by atoms with Crippen LogP contribution in [0.3, 0.4) is 0 Å². The van der Waals surface area contributed by atoms with Crippen molar-refractivity contribution in [3.05, 3.63) is 35.4 Å². The lowest BCUT2D eigenvalue weighted by atomic mass is 9.82. The first-order valence-electron chi connectivity index (χ1n) is 7.10. The second-order valence-corrected chi connectivity index (χ2v) is 6.63. The van der Waals surface area contributed by atoms with Gasteiger partial charge in [-0.05, 0) is 38.0 Å². The summed E-state index contributed by atoms with van der Waals surface area (Å²) in [6, 6.07) is 5.55. The SMILES string of the molecule is Cc1nc2ccc(NC(=O)C3CC=CCC3C(=O)O)cc2s1. The molecular weight excluding hydrogens is 300 g/mol. The fourth-order valence-corrected chi connectivity index (χ4v) is 3.60. The summed E-state index contributed by atoms with van der Waals surface area (Å²) < 4.78 is 1.01. The van der Waals surface area contributed by atoms with Crippen LogP contribution in [0.2, 0.25) is 0 Å². The molecule has 2 unspecified atom stereocenters. The van der Waals surface area contributed by atoms with Crippen molar-refractivity contribution >= 4 is 39.1 Å². The molecule has 0 bridgehead atoms. The molecule has 0 fully saturated rings. The van der Waals surface area contributed by atoms with Gasteiger partial charge in [0.05, 0.1) is 27.1 Å². The number of carboxylic acids is 1. The summed E-state index contributed by atoms with van der Waals surface area (Å²) in [6.45, 7) is 1.94. The molecule has 114 valence electrons. The summed E-state index contributed by atoms with van der Waals surface area (Å²) in [5.41, 5.74) is 1.59. The number of anilines is 1. The number of aryl methyl sites for hydroxylation is 1. The first-order valence-corrected chi connectivity index (χ1v) is 7.92. The number of thiazole rings is 1. The van der Waals surface area contributed by atoms with Gasteiger partial charge < -0.3 is 10.4 Å². The van der Waals surface area contributed by atoms with E-state index in [4.69, 9.17) is 0 Å². The Labute approximate surface area is 131 Å². The van der Waals surface area contributed by atoms with E-state index in [1.165, 1.54) is 0 Å². The second-order valence-electron chi connectivity index (χ2n) is 5.40. The maximum absolute atomic E-state index is 12.4. The number of carboxylic acid groups (broad SMARTS) is 1.